The number of rotatable bonds is 7. The molecule has 2 aliphatic rings. The Morgan fingerprint density at radius 2 is 1.49 bits per heavy atom. The summed E-state index contributed by atoms with van der Waals surface area (Å²) in [6.07, 6.45) is 1.53. The average Bonchev–Trinajstić information content (AvgIpc) is 3.26. The number of phenols is 1. The van der Waals surface area contributed by atoms with E-state index in [4.69, 9.17) is 33.2 Å². The molecule has 0 spiro atoms. The molecule has 10 heteroatoms. The smallest absolute Gasteiger partial charge is 0.312 e. The molecule has 1 N–H and O–H groups in total. The molecule has 3 aromatic carbocycles. The van der Waals surface area contributed by atoms with Gasteiger partial charge in [0.05, 0.1) is 47.5 Å². The van der Waals surface area contributed by atoms with Crippen molar-refractivity contribution >= 4 is 17.8 Å². The summed E-state index contributed by atoms with van der Waals surface area (Å²) in [5, 5.41) is 10.4. The van der Waals surface area contributed by atoms with Gasteiger partial charge in [-0.05, 0) is 48.0 Å². The Morgan fingerprint density at radius 3 is 2.10 bits per heavy atom. The number of esters is 1. The number of carbonyl (C=O) groups is 2. The van der Waals surface area contributed by atoms with Crippen molar-refractivity contribution in [3.63, 3.8) is 0 Å². The third kappa shape index (κ3) is 4.23. The number of allylic oxidation sites excluding steroid dienone is 1. The lowest BCUT2D eigenvalue weighted by molar-refractivity contribution is -0.135. The first kappa shape index (κ1) is 25.8. The lowest BCUT2D eigenvalue weighted by Gasteiger charge is -2.27. The number of ketones is 1. The molecule has 10 nitrogen and oxygen atoms in total. The van der Waals surface area contributed by atoms with Crippen LogP contribution in [0.1, 0.15) is 39.4 Å². The van der Waals surface area contributed by atoms with Crippen LogP contribution in [0.25, 0.3) is 6.08 Å². The van der Waals surface area contributed by atoms with Crippen LogP contribution < -0.4 is 33.2 Å². The van der Waals surface area contributed by atoms with Crippen molar-refractivity contribution in [1.29, 1.82) is 0 Å². The molecule has 202 valence electrons. The lowest BCUT2D eigenvalue weighted by Crippen LogP contribution is -2.21. The molecule has 0 aliphatic carbocycles. The summed E-state index contributed by atoms with van der Waals surface area (Å²) in [4.78, 5) is 26.0. The van der Waals surface area contributed by atoms with Crippen LogP contribution in [0.5, 0.6) is 46.0 Å². The van der Waals surface area contributed by atoms with Crippen LogP contribution >= 0.6 is 0 Å². The highest BCUT2D eigenvalue weighted by molar-refractivity contribution is 6.15. The first-order valence-electron chi connectivity index (χ1n) is 11.9. The largest absolute Gasteiger partial charge is 0.502 e. The van der Waals surface area contributed by atoms with Gasteiger partial charge in [-0.3, -0.25) is 9.59 Å². The normalized spacial score (nSPS) is 16.6. The number of methoxy groups -OCH3 is 5. The number of benzene rings is 3. The van der Waals surface area contributed by atoms with Crippen LogP contribution in [0.15, 0.2) is 42.2 Å². The van der Waals surface area contributed by atoms with E-state index < -0.39 is 11.9 Å². The van der Waals surface area contributed by atoms with E-state index in [9.17, 15) is 14.7 Å². The maximum absolute atomic E-state index is 13.4. The van der Waals surface area contributed by atoms with Gasteiger partial charge in [-0.25, -0.2) is 0 Å². The zero-order chi connectivity index (χ0) is 27.8. The van der Waals surface area contributed by atoms with E-state index in [1.165, 1.54) is 35.5 Å². The Labute approximate surface area is 224 Å². The Hall–Kier alpha value is -4.86. The van der Waals surface area contributed by atoms with E-state index in [1.54, 1.807) is 42.5 Å². The van der Waals surface area contributed by atoms with E-state index in [2.05, 4.69) is 0 Å². The lowest BCUT2D eigenvalue weighted by atomic mass is 9.84. The van der Waals surface area contributed by atoms with Crippen molar-refractivity contribution < 1.29 is 47.9 Å². The molecule has 0 saturated carbocycles. The summed E-state index contributed by atoms with van der Waals surface area (Å²) in [5.74, 6) is 0.651. The van der Waals surface area contributed by atoms with Gasteiger partial charge >= 0.3 is 5.97 Å². The maximum Gasteiger partial charge on any atom is 0.312 e. The van der Waals surface area contributed by atoms with Gasteiger partial charge in [0.25, 0.3) is 0 Å². The van der Waals surface area contributed by atoms with Crippen LogP contribution in [-0.4, -0.2) is 52.4 Å². The standard InChI is InChI=1S/C29H26O10/c1-33-19-8-6-14(27(36-4)29(19)37-5)10-22-25(31)16-7-9-18-24(28(16)39-22)17(13-23(30)38-18)15-11-20(34-2)26(32)21(12-15)35-3/h6-12,17,32H,13H2,1-5H3/b22-10-/t17-/m0/s1. The van der Waals surface area contributed by atoms with Crippen LogP contribution in [0, 0.1) is 0 Å². The number of hydrogen-bond donors (Lipinski definition) is 1. The minimum Gasteiger partial charge on any atom is -0.502 e. The Kier molecular flexibility index (Phi) is 6.69. The number of aromatic hydroxyl groups is 1. The predicted octanol–water partition coefficient (Wildman–Crippen LogP) is 4.49. The number of carbonyl (C=O) groups excluding carboxylic acids is 2. The highest BCUT2D eigenvalue weighted by Crippen LogP contribution is 2.51. The fraction of sp³-hybridized carbons (Fsp3) is 0.241. The molecule has 0 fully saturated rings. The van der Waals surface area contributed by atoms with Crippen molar-refractivity contribution in [2.45, 2.75) is 12.3 Å². The molecule has 1 atom stereocenters. The number of ether oxygens (including phenoxy) is 7. The number of hydrogen-bond acceptors (Lipinski definition) is 10. The van der Waals surface area contributed by atoms with Gasteiger partial charge in [0, 0.05) is 17.0 Å². The first-order valence-corrected chi connectivity index (χ1v) is 11.9. The summed E-state index contributed by atoms with van der Waals surface area (Å²) in [5.41, 5.74) is 2.00. The second-order valence-corrected chi connectivity index (χ2v) is 8.72. The summed E-state index contributed by atoms with van der Waals surface area (Å²) in [6, 6.07) is 9.80. The van der Waals surface area contributed by atoms with Crippen molar-refractivity contribution in [2.24, 2.45) is 0 Å². The molecule has 2 aliphatic heterocycles. The van der Waals surface area contributed by atoms with Gasteiger partial charge in [-0.1, -0.05) is 0 Å². The molecule has 3 aromatic rings. The minimum atomic E-state index is -0.567. The van der Waals surface area contributed by atoms with Crippen molar-refractivity contribution in [3.05, 3.63) is 64.4 Å². The fourth-order valence-electron chi connectivity index (χ4n) is 4.89. The van der Waals surface area contributed by atoms with Crippen LogP contribution in [-0.2, 0) is 4.79 Å². The zero-order valence-corrected chi connectivity index (χ0v) is 21.9. The molecule has 5 rings (SSSR count). The van der Waals surface area contributed by atoms with Gasteiger partial charge in [-0.2, -0.15) is 0 Å². The monoisotopic (exact) mass is 534 g/mol. The third-order valence-corrected chi connectivity index (χ3v) is 6.71. The zero-order valence-electron chi connectivity index (χ0n) is 21.9. The number of fused-ring (bicyclic) bond motifs is 3. The predicted molar refractivity (Wildman–Crippen MR) is 139 cm³/mol. The van der Waals surface area contributed by atoms with Crippen molar-refractivity contribution in [2.75, 3.05) is 35.5 Å². The SMILES string of the molecule is COc1cc([C@@H]2CC(=O)Oc3ccc4c(c32)O/C(=C\c2ccc(OC)c(OC)c2OC)C4=O)cc(OC)c1O. The van der Waals surface area contributed by atoms with Gasteiger partial charge in [-0.15, -0.1) is 0 Å². The van der Waals surface area contributed by atoms with E-state index >= 15 is 0 Å². The molecule has 2 heterocycles. The quantitative estimate of drug-likeness (QED) is 0.264. The molecule has 0 radical (unpaired) electrons. The highest BCUT2D eigenvalue weighted by Gasteiger charge is 2.39. The van der Waals surface area contributed by atoms with Gasteiger partial charge in [0.15, 0.2) is 28.8 Å². The fourth-order valence-corrected chi connectivity index (χ4v) is 4.89. The molecule has 0 aromatic heterocycles. The van der Waals surface area contributed by atoms with Gasteiger partial charge in [0.1, 0.15) is 11.5 Å². The Bertz CT molecular complexity index is 1500. The number of phenolic OH excluding ortho intramolecular Hbond substituents is 1. The highest BCUT2D eigenvalue weighted by atomic mass is 16.5. The van der Waals surface area contributed by atoms with Gasteiger partial charge < -0.3 is 38.3 Å². The Balaban J connectivity index is 1.63. The van der Waals surface area contributed by atoms with E-state index in [0.29, 0.717) is 39.5 Å². The molecular formula is C29H26O10. The van der Waals surface area contributed by atoms with E-state index in [-0.39, 0.29) is 46.7 Å². The maximum atomic E-state index is 13.4. The van der Waals surface area contributed by atoms with Crippen molar-refractivity contribution in [3.8, 4) is 46.0 Å². The van der Waals surface area contributed by atoms with E-state index in [1.807, 2.05) is 0 Å². The van der Waals surface area contributed by atoms with Crippen molar-refractivity contribution in [1.82, 2.24) is 0 Å². The van der Waals surface area contributed by atoms with Crippen LogP contribution in [0.3, 0.4) is 0 Å². The molecule has 0 unspecified atom stereocenters. The van der Waals surface area contributed by atoms with Crippen LogP contribution in [0.4, 0.5) is 0 Å². The average molecular weight is 535 g/mol. The minimum absolute atomic E-state index is 0.0271. The summed E-state index contributed by atoms with van der Waals surface area (Å²) in [7, 11) is 7.33. The summed E-state index contributed by atoms with van der Waals surface area (Å²) < 4.78 is 38.6. The Morgan fingerprint density at radius 1 is 0.821 bits per heavy atom. The van der Waals surface area contributed by atoms with Crippen LogP contribution in [0.2, 0.25) is 0 Å². The molecule has 0 bridgehead atoms. The molecule has 0 amide bonds. The first-order chi connectivity index (χ1) is 18.8. The summed E-state index contributed by atoms with van der Waals surface area (Å²) in [6.45, 7) is 0. The second-order valence-electron chi connectivity index (χ2n) is 8.72. The second kappa shape index (κ2) is 10.1. The number of Topliss-reactive ketones (excluding diaryl/α,β-unsaturated/α-hetero) is 1. The third-order valence-electron chi connectivity index (χ3n) is 6.71. The summed E-state index contributed by atoms with van der Waals surface area (Å²) >= 11 is 0. The van der Waals surface area contributed by atoms with Gasteiger partial charge in [0.2, 0.25) is 17.3 Å². The molecule has 0 saturated heterocycles. The topological polar surface area (TPSA) is 119 Å². The molecule has 39 heavy (non-hydrogen) atoms. The molecular weight excluding hydrogens is 508 g/mol. The van der Waals surface area contributed by atoms with E-state index in [0.717, 1.165) is 0 Å².